The molecule has 1 aliphatic rings. The van der Waals surface area contributed by atoms with E-state index in [1.165, 1.54) is 25.7 Å². The van der Waals surface area contributed by atoms with Crippen LogP contribution in [-0.4, -0.2) is 22.4 Å². The van der Waals surface area contributed by atoms with Gasteiger partial charge in [0.2, 0.25) is 0 Å². The fourth-order valence-corrected chi connectivity index (χ4v) is 2.61. The minimum Gasteiger partial charge on any atom is -0.393 e. The maximum Gasteiger partial charge on any atom is 0.0543 e. The van der Waals surface area contributed by atoms with Gasteiger partial charge in [-0.3, -0.25) is 0 Å². The lowest BCUT2D eigenvalue weighted by molar-refractivity contribution is 0.0938. The summed E-state index contributed by atoms with van der Waals surface area (Å²) in [7, 11) is 0. The van der Waals surface area contributed by atoms with Crippen LogP contribution in [-0.2, 0) is 0 Å². The highest BCUT2D eigenvalue weighted by molar-refractivity contribution is 4.71. The van der Waals surface area contributed by atoms with Crippen molar-refractivity contribution in [3.63, 3.8) is 0 Å². The lowest BCUT2D eigenvalue weighted by Gasteiger charge is -2.16. The molecular formula is C13H26O2. The molecule has 0 saturated heterocycles. The van der Waals surface area contributed by atoms with E-state index in [2.05, 4.69) is 6.92 Å². The van der Waals surface area contributed by atoms with E-state index in [0.717, 1.165) is 38.0 Å². The summed E-state index contributed by atoms with van der Waals surface area (Å²) in [5.74, 6) is 0.753. The zero-order chi connectivity index (χ0) is 11.1. The summed E-state index contributed by atoms with van der Waals surface area (Å²) in [6.07, 6.45) is 9.30. The predicted molar refractivity (Wildman–Crippen MR) is 62.7 cm³/mol. The molecule has 0 spiro atoms. The third kappa shape index (κ3) is 5.53. The summed E-state index contributed by atoms with van der Waals surface area (Å²) < 4.78 is 0. The van der Waals surface area contributed by atoms with Crippen molar-refractivity contribution in [2.24, 2.45) is 5.92 Å². The number of rotatable bonds is 7. The van der Waals surface area contributed by atoms with E-state index >= 15 is 0 Å². The van der Waals surface area contributed by atoms with Gasteiger partial charge in [0.1, 0.15) is 0 Å². The molecule has 15 heavy (non-hydrogen) atoms. The molecule has 0 bridgehead atoms. The first-order valence-corrected chi connectivity index (χ1v) is 6.58. The largest absolute Gasteiger partial charge is 0.393 e. The molecule has 0 aliphatic heterocycles. The maximum atomic E-state index is 9.82. The number of aliphatic hydroxyl groups excluding tert-OH is 2. The maximum absolute atomic E-state index is 9.82. The first-order chi connectivity index (χ1) is 7.22. The van der Waals surface area contributed by atoms with Gasteiger partial charge in [-0.1, -0.05) is 39.0 Å². The van der Waals surface area contributed by atoms with Gasteiger partial charge in [0.15, 0.2) is 0 Å². The molecular weight excluding hydrogens is 188 g/mol. The highest BCUT2D eigenvalue weighted by Gasteiger charge is 2.19. The molecule has 2 nitrogen and oxygen atoms in total. The van der Waals surface area contributed by atoms with Crippen LogP contribution >= 0.6 is 0 Å². The molecule has 0 aromatic carbocycles. The minimum atomic E-state index is -0.201. The van der Waals surface area contributed by atoms with Crippen LogP contribution in [0.3, 0.4) is 0 Å². The van der Waals surface area contributed by atoms with E-state index in [-0.39, 0.29) is 12.2 Å². The van der Waals surface area contributed by atoms with Gasteiger partial charge in [0.25, 0.3) is 0 Å². The quantitative estimate of drug-likeness (QED) is 0.684. The van der Waals surface area contributed by atoms with Crippen LogP contribution in [0.1, 0.15) is 64.7 Å². The third-order valence-electron chi connectivity index (χ3n) is 3.54. The zero-order valence-corrected chi connectivity index (χ0v) is 9.99. The predicted octanol–water partition coefficient (Wildman–Crippen LogP) is 2.87. The summed E-state index contributed by atoms with van der Waals surface area (Å²) in [6, 6.07) is 0. The number of aliphatic hydroxyl groups is 2. The molecule has 1 saturated carbocycles. The van der Waals surface area contributed by atoms with Gasteiger partial charge < -0.3 is 10.2 Å². The number of hydrogen-bond donors (Lipinski definition) is 2. The fourth-order valence-electron chi connectivity index (χ4n) is 2.61. The molecule has 2 atom stereocenters. The normalized spacial score (nSPS) is 21.8. The van der Waals surface area contributed by atoms with Crippen LogP contribution in [0, 0.1) is 5.92 Å². The van der Waals surface area contributed by atoms with Gasteiger partial charge in [-0.2, -0.15) is 0 Å². The summed E-state index contributed by atoms with van der Waals surface area (Å²) in [5.41, 5.74) is 0. The minimum absolute atomic E-state index is 0.181. The molecule has 90 valence electrons. The van der Waals surface area contributed by atoms with Crippen molar-refractivity contribution in [1.82, 2.24) is 0 Å². The lowest BCUT2D eigenvalue weighted by atomic mass is 9.96. The molecule has 2 heteroatoms. The molecule has 2 unspecified atom stereocenters. The van der Waals surface area contributed by atoms with Crippen LogP contribution in [0.4, 0.5) is 0 Å². The van der Waals surface area contributed by atoms with Gasteiger partial charge in [0, 0.05) is 0 Å². The van der Waals surface area contributed by atoms with Crippen molar-refractivity contribution < 1.29 is 10.2 Å². The van der Waals surface area contributed by atoms with Crippen LogP contribution < -0.4 is 0 Å². The molecule has 2 N–H and O–H groups in total. The average molecular weight is 214 g/mol. The van der Waals surface area contributed by atoms with Crippen LogP contribution in [0.2, 0.25) is 0 Å². The Bertz CT molecular complexity index is 153. The van der Waals surface area contributed by atoms with Gasteiger partial charge in [-0.05, 0) is 31.6 Å². The average Bonchev–Trinajstić information content (AvgIpc) is 2.68. The first kappa shape index (κ1) is 13.0. The van der Waals surface area contributed by atoms with Crippen molar-refractivity contribution in [1.29, 1.82) is 0 Å². The monoisotopic (exact) mass is 214 g/mol. The Morgan fingerprint density at radius 2 is 1.60 bits per heavy atom. The zero-order valence-electron chi connectivity index (χ0n) is 9.99. The Kier molecular flexibility index (Phi) is 6.26. The Labute approximate surface area is 93.7 Å². The third-order valence-corrected chi connectivity index (χ3v) is 3.54. The fraction of sp³-hybridized carbons (Fsp3) is 1.00. The van der Waals surface area contributed by atoms with Crippen molar-refractivity contribution in [2.45, 2.75) is 76.9 Å². The van der Waals surface area contributed by atoms with Gasteiger partial charge >= 0.3 is 0 Å². The standard InChI is InChI=1S/C13H26O2/c1-2-5-12(14)8-9-13(15)10-11-6-3-4-7-11/h11-15H,2-10H2,1H3. The van der Waals surface area contributed by atoms with Crippen molar-refractivity contribution in [3.8, 4) is 0 Å². The molecule has 0 heterocycles. The first-order valence-electron chi connectivity index (χ1n) is 6.58. The summed E-state index contributed by atoms with van der Waals surface area (Å²) >= 11 is 0. The van der Waals surface area contributed by atoms with Crippen LogP contribution in [0.25, 0.3) is 0 Å². The Morgan fingerprint density at radius 1 is 1.00 bits per heavy atom. The molecule has 1 rings (SSSR count). The van der Waals surface area contributed by atoms with E-state index in [1.54, 1.807) is 0 Å². The number of hydrogen-bond acceptors (Lipinski definition) is 2. The molecule has 1 aliphatic carbocycles. The van der Waals surface area contributed by atoms with Crippen LogP contribution in [0.5, 0.6) is 0 Å². The lowest BCUT2D eigenvalue weighted by Crippen LogP contribution is -2.15. The van der Waals surface area contributed by atoms with Crippen molar-refractivity contribution in [3.05, 3.63) is 0 Å². The molecule has 1 fully saturated rings. The van der Waals surface area contributed by atoms with Gasteiger partial charge in [-0.25, -0.2) is 0 Å². The highest BCUT2D eigenvalue weighted by atomic mass is 16.3. The summed E-state index contributed by atoms with van der Waals surface area (Å²) in [6.45, 7) is 2.08. The molecule has 0 amide bonds. The molecule has 0 radical (unpaired) electrons. The topological polar surface area (TPSA) is 40.5 Å². The van der Waals surface area contributed by atoms with Crippen molar-refractivity contribution in [2.75, 3.05) is 0 Å². The molecule has 0 aromatic rings. The Hall–Kier alpha value is -0.0800. The second-order valence-electron chi connectivity index (χ2n) is 5.06. The Balaban J connectivity index is 2.04. The van der Waals surface area contributed by atoms with E-state index in [0.29, 0.717) is 0 Å². The smallest absolute Gasteiger partial charge is 0.0543 e. The highest BCUT2D eigenvalue weighted by Crippen LogP contribution is 2.29. The summed E-state index contributed by atoms with van der Waals surface area (Å²) in [4.78, 5) is 0. The van der Waals surface area contributed by atoms with Gasteiger partial charge in [0.05, 0.1) is 12.2 Å². The van der Waals surface area contributed by atoms with E-state index in [4.69, 9.17) is 0 Å². The van der Waals surface area contributed by atoms with E-state index < -0.39 is 0 Å². The second kappa shape index (κ2) is 7.24. The van der Waals surface area contributed by atoms with E-state index in [1.807, 2.05) is 0 Å². The second-order valence-corrected chi connectivity index (χ2v) is 5.06. The van der Waals surface area contributed by atoms with Crippen molar-refractivity contribution >= 4 is 0 Å². The van der Waals surface area contributed by atoms with Crippen LogP contribution in [0.15, 0.2) is 0 Å². The molecule has 0 aromatic heterocycles. The van der Waals surface area contributed by atoms with E-state index in [9.17, 15) is 10.2 Å². The SMILES string of the molecule is CCCC(O)CCC(O)CC1CCCC1. The van der Waals surface area contributed by atoms with Gasteiger partial charge in [-0.15, -0.1) is 0 Å². The summed E-state index contributed by atoms with van der Waals surface area (Å²) in [5, 5.41) is 19.4. The Morgan fingerprint density at radius 3 is 2.20 bits per heavy atom.